The second kappa shape index (κ2) is 10.2. The summed E-state index contributed by atoms with van der Waals surface area (Å²) in [5.74, 6) is 0. The molecule has 8 aromatic carbocycles. The SMILES string of the molecule is N#Cc1ccc2ccc3cc(-n4c5ccccc5c5cc(-c6cccc7c6c6ccccc6n7-c6ccccc6)ccc54)ccc3c2c1. The lowest BCUT2D eigenvalue weighted by atomic mass is 9.98. The molecule has 0 saturated carbocycles. The van der Waals surface area contributed by atoms with Crippen LogP contribution in [0.3, 0.4) is 0 Å². The zero-order valence-corrected chi connectivity index (χ0v) is 25.9. The van der Waals surface area contributed by atoms with Gasteiger partial charge in [0.05, 0.1) is 33.7 Å². The van der Waals surface area contributed by atoms with Crippen molar-refractivity contribution in [2.24, 2.45) is 0 Å². The van der Waals surface area contributed by atoms with Crippen molar-refractivity contribution in [1.82, 2.24) is 9.13 Å². The van der Waals surface area contributed by atoms with Gasteiger partial charge < -0.3 is 9.13 Å². The van der Waals surface area contributed by atoms with Crippen molar-refractivity contribution in [3.8, 4) is 28.6 Å². The molecule has 3 heteroatoms. The smallest absolute Gasteiger partial charge is 0.0991 e. The molecule has 10 rings (SSSR count). The fourth-order valence-corrected chi connectivity index (χ4v) is 7.79. The quantitative estimate of drug-likeness (QED) is 0.183. The molecule has 0 fully saturated rings. The van der Waals surface area contributed by atoms with Gasteiger partial charge in [-0.1, -0.05) is 97.1 Å². The summed E-state index contributed by atoms with van der Waals surface area (Å²) >= 11 is 0. The highest BCUT2D eigenvalue weighted by molar-refractivity contribution is 6.17. The molecule has 3 nitrogen and oxygen atoms in total. The van der Waals surface area contributed by atoms with E-state index in [0.29, 0.717) is 5.56 Å². The first kappa shape index (κ1) is 26.6. The Morgan fingerprint density at radius 3 is 1.94 bits per heavy atom. The molecule has 0 amide bonds. The van der Waals surface area contributed by atoms with Crippen LogP contribution < -0.4 is 0 Å². The maximum atomic E-state index is 9.52. The van der Waals surface area contributed by atoms with Gasteiger partial charge in [-0.05, 0) is 99.4 Å². The average Bonchev–Trinajstić information content (AvgIpc) is 3.67. The van der Waals surface area contributed by atoms with Crippen molar-refractivity contribution in [2.45, 2.75) is 0 Å². The molecule has 0 atom stereocenters. The molecule has 0 aliphatic rings. The lowest BCUT2D eigenvalue weighted by molar-refractivity contribution is 1.18. The van der Waals surface area contributed by atoms with Gasteiger partial charge in [0.25, 0.3) is 0 Å². The van der Waals surface area contributed by atoms with E-state index in [2.05, 4.69) is 161 Å². The van der Waals surface area contributed by atoms with E-state index >= 15 is 0 Å². The predicted molar refractivity (Wildman–Crippen MR) is 200 cm³/mol. The first-order chi connectivity index (χ1) is 23.8. The Morgan fingerprint density at radius 2 is 1.08 bits per heavy atom. The lowest BCUT2D eigenvalue weighted by Crippen LogP contribution is -1.94. The summed E-state index contributed by atoms with van der Waals surface area (Å²) in [6, 6.07) is 60.9. The van der Waals surface area contributed by atoms with Crippen molar-refractivity contribution >= 4 is 65.2 Å². The minimum Gasteiger partial charge on any atom is -0.309 e. The van der Waals surface area contributed by atoms with Crippen molar-refractivity contribution in [3.63, 3.8) is 0 Å². The van der Waals surface area contributed by atoms with Gasteiger partial charge in [0.1, 0.15) is 0 Å². The molecule has 222 valence electrons. The fourth-order valence-electron chi connectivity index (χ4n) is 7.79. The second-order valence-corrected chi connectivity index (χ2v) is 12.5. The number of benzene rings is 8. The van der Waals surface area contributed by atoms with Gasteiger partial charge >= 0.3 is 0 Å². The summed E-state index contributed by atoms with van der Waals surface area (Å²) in [7, 11) is 0. The monoisotopic (exact) mass is 609 g/mol. The van der Waals surface area contributed by atoms with Gasteiger partial charge in [-0.15, -0.1) is 0 Å². The number of fused-ring (bicyclic) bond motifs is 9. The van der Waals surface area contributed by atoms with Crippen molar-refractivity contribution in [1.29, 1.82) is 5.26 Å². The molecule has 0 aliphatic carbocycles. The summed E-state index contributed by atoms with van der Waals surface area (Å²) in [6.45, 7) is 0. The van der Waals surface area contributed by atoms with Crippen molar-refractivity contribution in [2.75, 3.05) is 0 Å². The van der Waals surface area contributed by atoms with E-state index in [-0.39, 0.29) is 0 Å². The molecule has 0 N–H and O–H groups in total. The number of hydrogen-bond donors (Lipinski definition) is 0. The van der Waals surface area contributed by atoms with Gasteiger partial charge in [-0.25, -0.2) is 0 Å². The number of rotatable bonds is 3. The zero-order chi connectivity index (χ0) is 31.8. The molecular weight excluding hydrogens is 583 g/mol. The van der Waals surface area contributed by atoms with Crippen molar-refractivity contribution in [3.05, 3.63) is 169 Å². The van der Waals surface area contributed by atoms with E-state index in [0.717, 1.165) is 32.9 Å². The second-order valence-electron chi connectivity index (χ2n) is 12.5. The molecule has 0 bridgehead atoms. The van der Waals surface area contributed by atoms with Crippen molar-refractivity contribution < 1.29 is 0 Å². The first-order valence-electron chi connectivity index (χ1n) is 16.2. The molecule has 0 radical (unpaired) electrons. The highest BCUT2D eigenvalue weighted by atomic mass is 15.0. The fraction of sp³-hybridized carbons (Fsp3) is 0. The van der Waals surface area contributed by atoms with Gasteiger partial charge in [0, 0.05) is 32.9 Å². The molecule has 0 saturated heterocycles. The number of aromatic nitrogens is 2. The van der Waals surface area contributed by atoms with Gasteiger partial charge in [-0.3, -0.25) is 0 Å². The Hall–Kier alpha value is -6.63. The minimum atomic E-state index is 0.678. The van der Waals surface area contributed by atoms with Crippen LogP contribution in [0.1, 0.15) is 5.56 Å². The first-order valence-corrected chi connectivity index (χ1v) is 16.2. The molecular formula is C45H27N3. The largest absolute Gasteiger partial charge is 0.309 e. The van der Waals surface area contributed by atoms with Gasteiger partial charge in [-0.2, -0.15) is 5.26 Å². The summed E-state index contributed by atoms with van der Waals surface area (Å²) in [6.07, 6.45) is 0. The summed E-state index contributed by atoms with van der Waals surface area (Å²) in [4.78, 5) is 0. The van der Waals surface area contributed by atoms with E-state index in [1.54, 1.807) is 0 Å². The van der Waals surface area contributed by atoms with E-state index in [9.17, 15) is 5.26 Å². The van der Waals surface area contributed by atoms with Crippen LogP contribution in [-0.4, -0.2) is 9.13 Å². The normalized spacial score (nSPS) is 11.7. The van der Waals surface area contributed by atoms with Crippen LogP contribution in [0.25, 0.3) is 87.7 Å². The Morgan fingerprint density at radius 1 is 0.396 bits per heavy atom. The third-order valence-electron chi connectivity index (χ3n) is 9.90. The van der Waals surface area contributed by atoms with Crippen LogP contribution in [0.2, 0.25) is 0 Å². The maximum absolute atomic E-state index is 9.52. The summed E-state index contributed by atoms with van der Waals surface area (Å²) in [5, 5.41) is 19.0. The summed E-state index contributed by atoms with van der Waals surface area (Å²) < 4.78 is 4.76. The Labute approximate surface area is 276 Å². The lowest BCUT2D eigenvalue weighted by Gasteiger charge is -2.11. The molecule has 0 unspecified atom stereocenters. The number of nitriles is 1. The highest BCUT2D eigenvalue weighted by Gasteiger charge is 2.18. The predicted octanol–water partition coefficient (Wildman–Crippen LogP) is 11.7. The van der Waals surface area contributed by atoms with Crippen LogP contribution in [-0.2, 0) is 0 Å². The molecule has 0 spiro atoms. The highest BCUT2D eigenvalue weighted by Crippen LogP contribution is 2.41. The third-order valence-corrected chi connectivity index (χ3v) is 9.90. The Kier molecular flexibility index (Phi) is 5.64. The van der Waals surface area contributed by atoms with E-state index in [1.165, 1.54) is 54.7 Å². The topological polar surface area (TPSA) is 33.6 Å². The molecule has 10 aromatic rings. The van der Waals surface area contributed by atoms with Gasteiger partial charge in [0.15, 0.2) is 0 Å². The number of para-hydroxylation sites is 3. The van der Waals surface area contributed by atoms with Crippen LogP contribution >= 0.6 is 0 Å². The van der Waals surface area contributed by atoms with Crippen LogP contribution in [0.5, 0.6) is 0 Å². The number of hydrogen-bond acceptors (Lipinski definition) is 1. The standard InChI is InChI=1S/C45H27N3/c46-28-29-17-18-30-19-20-31-26-34(22-23-35(31)39(30)25-29)48-41-14-6-4-11-37(41)40-27-32(21-24-43(40)48)36-13-8-16-44-45(36)38-12-5-7-15-42(38)47(44)33-9-2-1-3-10-33/h1-27H. The van der Waals surface area contributed by atoms with Crippen LogP contribution in [0.4, 0.5) is 0 Å². The Bertz CT molecular complexity index is 2950. The molecule has 0 aliphatic heterocycles. The van der Waals surface area contributed by atoms with Crippen LogP contribution in [0.15, 0.2) is 164 Å². The van der Waals surface area contributed by atoms with E-state index in [4.69, 9.17) is 0 Å². The van der Waals surface area contributed by atoms with Crippen LogP contribution in [0, 0.1) is 11.3 Å². The maximum Gasteiger partial charge on any atom is 0.0991 e. The minimum absolute atomic E-state index is 0.678. The third kappa shape index (κ3) is 3.81. The van der Waals surface area contributed by atoms with E-state index in [1.807, 2.05) is 18.2 Å². The average molecular weight is 610 g/mol. The zero-order valence-electron chi connectivity index (χ0n) is 25.9. The summed E-state index contributed by atoms with van der Waals surface area (Å²) in [5.41, 5.74) is 10.1. The Balaban J connectivity index is 1.20. The van der Waals surface area contributed by atoms with E-state index < -0.39 is 0 Å². The molecule has 48 heavy (non-hydrogen) atoms. The molecule has 2 aromatic heterocycles. The van der Waals surface area contributed by atoms with Gasteiger partial charge in [0.2, 0.25) is 0 Å². The molecule has 2 heterocycles. The number of nitrogens with zero attached hydrogens (tertiary/aromatic N) is 3.